The van der Waals surface area contributed by atoms with Gasteiger partial charge in [0.15, 0.2) is 4.84 Å². The molecule has 0 bridgehead atoms. The van der Waals surface area contributed by atoms with Crippen molar-refractivity contribution >= 4 is 35.1 Å². The number of amides is 1. The van der Waals surface area contributed by atoms with Crippen LogP contribution in [0.15, 0.2) is 24.3 Å². The van der Waals surface area contributed by atoms with Gasteiger partial charge in [0.05, 0.1) is 0 Å². The molecular weight excluding hydrogens is 281 g/mol. The molecule has 1 rings (SSSR count). The van der Waals surface area contributed by atoms with Crippen molar-refractivity contribution in [3.63, 3.8) is 0 Å². The second-order valence-corrected chi connectivity index (χ2v) is 4.67. The van der Waals surface area contributed by atoms with Crippen molar-refractivity contribution in [3.8, 4) is 5.75 Å². The van der Waals surface area contributed by atoms with Crippen LogP contribution in [0, 0.1) is 0 Å². The molecular formula is C11H11Cl2NO4. The highest BCUT2D eigenvalue weighted by Gasteiger charge is 2.23. The highest BCUT2D eigenvalue weighted by atomic mass is 35.5. The number of nitrogens with one attached hydrogen (secondary N) is 1. The molecule has 0 aromatic heterocycles. The summed E-state index contributed by atoms with van der Waals surface area (Å²) in [5, 5.41) is 20.3. The molecule has 0 saturated carbocycles. The van der Waals surface area contributed by atoms with Crippen LogP contribution in [0.25, 0.3) is 0 Å². The van der Waals surface area contributed by atoms with Crippen LogP contribution in [-0.4, -0.2) is 33.0 Å². The topological polar surface area (TPSA) is 86.6 Å². The van der Waals surface area contributed by atoms with Crippen LogP contribution in [-0.2, 0) is 16.0 Å². The lowest BCUT2D eigenvalue weighted by Gasteiger charge is -2.14. The molecule has 1 aromatic carbocycles. The summed E-state index contributed by atoms with van der Waals surface area (Å²) in [5.41, 5.74) is 0.654. The Balaban J connectivity index is 2.72. The number of carbonyl (C=O) groups excluding carboxylic acids is 1. The van der Waals surface area contributed by atoms with E-state index in [1.807, 2.05) is 0 Å². The summed E-state index contributed by atoms with van der Waals surface area (Å²) in [5.74, 6) is -1.87. The summed E-state index contributed by atoms with van der Waals surface area (Å²) in [6, 6.07) is 4.87. The zero-order chi connectivity index (χ0) is 13.7. The Kier molecular flexibility index (Phi) is 5.25. The minimum absolute atomic E-state index is 0.0713. The molecule has 0 fully saturated rings. The maximum Gasteiger partial charge on any atom is 0.326 e. The van der Waals surface area contributed by atoms with Crippen molar-refractivity contribution in [2.24, 2.45) is 0 Å². The first kappa shape index (κ1) is 14.6. The fourth-order valence-corrected chi connectivity index (χ4v) is 1.43. The third-order valence-electron chi connectivity index (χ3n) is 2.19. The number of rotatable bonds is 5. The van der Waals surface area contributed by atoms with Crippen LogP contribution in [0.2, 0.25) is 0 Å². The third kappa shape index (κ3) is 4.43. The molecule has 1 aromatic rings. The van der Waals surface area contributed by atoms with Crippen molar-refractivity contribution in [2.45, 2.75) is 17.3 Å². The van der Waals surface area contributed by atoms with E-state index >= 15 is 0 Å². The molecule has 3 N–H and O–H groups in total. The van der Waals surface area contributed by atoms with Gasteiger partial charge in [-0.1, -0.05) is 35.3 Å². The zero-order valence-electron chi connectivity index (χ0n) is 9.14. The van der Waals surface area contributed by atoms with Crippen molar-refractivity contribution in [1.82, 2.24) is 5.32 Å². The van der Waals surface area contributed by atoms with Gasteiger partial charge in [0, 0.05) is 6.42 Å². The Morgan fingerprint density at radius 1 is 1.22 bits per heavy atom. The van der Waals surface area contributed by atoms with E-state index in [0.717, 1.165) is 0 Å². The molecule has 0 aliphatic rings. The van der Waals surface area contributed by atoms with Gasteiger partial charge in [-0.3, -0.25) is 4.79 Å². The molecule has 18 heavy (non-hydrogen) atoms. The van der Waals surface area contributed by atoms with E-state index in [-0.39, 0.29) is 12.2 Å². The lowest BCUT2D eigenvalue weighted by atomic mass is 10.1. The molecule has 98 valence electrons. The number of aromatic hydroxyl groups is 1. The second kappa shape index (κ2) is 6.47. The average Bonchev–Trinajstić information content (AvgIpc) is 2.30. The molecule has 1 atom stereocenters. The van der Waals surface area contributed by atoms with Gasteiger partial charge in [-0.05, 0) is 17.7 Å². The fraction of sp³-hybridized carbons (Fsp3) is 0.273. The molecule has 0 unspecified atom stereocenters. The van der Waals surface area contributed by atoms with Gasteiger partial charge in [-0.25, -0.2) is 4.79 Å². The highest BCUT2D eigenvalue weighted by molar-refractivity contribution is 6.53. The number of hydrogen-bond donors (Lipinski definition) is 3. The highest BCUT2D eigenvalue weighted by Crippen LogP contribution is 2.12. The van der Waals surface area contributed by atoms with Gasteiger partial charge in [-0.2, -0.15) is 0 Å². The Bertz CT molecular complexity index is 433. The van der Waals surface area contributed by atoms with Crippen LogP contribution in [0.4, 0.5) is 0 Å². The van der Waals surface area contributed by atoms with E-state index in [9.17, 15) is 9.59 Å². The van der Waals surface area contributed by atoms with Crippen molar-refractivity contribution < 1.29 is 19.8 Å². The molecule has 0 aliphatic heterocycles. The lowest BCUT2D eigenvalue weighted by Crippen LogP contribution is -2.44. The number of carboxylic acids is 1. The first-order chi connectivity index (χ1) is 8.40. The van der Waals surface area contributed by atoms with Crippen LogP contribution in [0.5, 0.6) is 5.75 Å². The molecule has 7 heteroatoms. The first-order valence-electron chi connectivity index (χ1n) is 4.99. The molecule has 0 saturated heterocycles. The molecule has 1 amide bonds. The number of phenols is 1. The van der Waals surface area contributed by atoms with Gasteiger partial charge in [-0.15, -0.1) is 0 Å². The predicted octanol–water partition coefficient (Wildman–Crippen LogP) is 1.31. The third-order valence-corrected chi connectivity index (χ3v) is 2.59. The number of halogens is 2. The van der Waals surface area contributed by atoms with Crippen molar-refractivity contribution in [3.05, 3.63) is 29.8 Å². The fourth-order valence-electron chi connectivity index (χ4n) is 1.30. The SMILES string of the molecule is O=C(N[C@@H](Cc1ccc(O)cc1)C(=O)O)C(Cl)Cl. The van der Waals surface area contributed by atoms with Crippen LogP contribution in [0.1, 0.15) is 5.56 Å². The molecule has 0 heterocycles. The van der Waals surface area contributed by atoms with E-state index in [0.29, 0.717) is 5.56 Å². The summed E-state index contributed by atoms with van der Waals surface area (Å²) < 4.78 is 0. The molecule has 5 nitrogen and oxygen atoms in total. The number of carboxylic acid groups (broad SMARTS) is 1. The minimum atomic E-state index is -1.31. The van der Waals surface area contributed by atoms with Gasteiger partial charge in [0.1, 0.15) is 11.8 Å². The van der Waals surface area contributed by atoms with E-state index in [2.05, 4.69) is 5.32 Å². The second-order valence-electron chi connectivity index (χ2n) is 3.57. The number of benzene rings is 1. The standard InChI is InChI=1S/C11H11Cl2NO4/c12-9(13)10(16)14-8(11(17)18)5-6-1-3-7(15)4-2-6/h1-4,8-9,15H,5H2,(H,14,16)(H,17,18)/t8-/m0/s1. The van der Waals surface area contributed by atoms with E-state index in [1.165, 1.54) is 12.1 Å². The normalized spacial score (nSPS) is 12.2. The lowest BCUT2D eigenvalue weighted by molar-refractivity contribution is -0.141. The van der Waals surface area contributed by atoms with Crippen LogP contribution >= 0.6 is 23.2 Å². The largest absolute Gasteiger partial charge is 0.508 e. The van der Waals surface area contributed by atoms with Gasteiger partial charge in [0.25, 0.3) is 5.91 Å². The van der Waals surface area contributed by atoms with Gasteiger partial charge >= 0.3 is 5.97 Å². The molecule has 0 spiro atoms. The van der Waals surface area contributed by atoms with Gasteiger partial charge < -0.3 is 15.5 Å². The summed E-state index contributed by atoms with van der Waals surface area (Å²) in [4.78, 5) is 20.9. The maximum atomic E-state index is 11.2. The summed E-state index contributed by atoms with van der Waals surface area (Å²) in [7, 11) is 0. The van der Waals surface area contributed by atoms with Gasteiger partial charge in [0.2, 0.25) is 0 Å². The number of aliphatic carboxylic acids is 1. The number of alkyl halides is 2. The minimum Gasteiger partial charge on any atom is -0.508 e. The Morgan fingerprint density at radius 2 is 1.78 bits per heavy atom. The van der Waals surface area contributed by atoms with Crippen molar-refractivity contribution in [1.29, 1.82) is 0 Å². The Morgan fingerprint density at radius 3 is 2.22 bits per heavy atom. The van der Waals surface area contributed by atoms with Crippen LogP contribution in [0.3, 0.4) is 0 Å². The molecule has 0 aliphatic carbocycles. The summed E-state index contributed by atoms with van der Waals surface area (Å²) in [6.45, 7) is 0. The Labute approximate surface area is 113 Å². The number of hydrogen-bond acceptors (Lipinski definition) is 3. The zero-order valence-corrected chi connectivity index (χ0v) is 10.6. The van der Waals surface area contributed by atoms with E-state index < -0.39 is 22.8 Å². The van der Waals surface area contributed by atoms with Crippen LogP contribution < -0.4 is 5.32 Å². The first-order valence-corrected chi connectivity index (χ1v) is 5.86. The maximum absolute atomic E-state index is 11.2. The van der Waals surface area contributed by atoms with E-state index in [4.69, 9.17) is 33.4 Å². The summed E-state index contributed by atoms with van der Waals surface area (Å²) in [6.07, 6.45) is 0.0713. The quantitative estimate of drug-likeness (QED) is 0.714. The number of phenolic OH excluding ortho intramolecular Hbond substituents is 1. The predicted molar refractivity (Wildman–Crippen MR) is 66.9 cm³/mol. The smallest absolute Gasteiger partial charge is 0.326 e. The Hall–Kier alpha value is -1.46. The van der Waals surface area contributed by atoms with Crippen molar-refractivity contribution in [2.75, 3.05) is 0 Å². The summed E-state index contributed by atoms with van der Waals surface area (Å²) >= 11 is 10.7. The monoisotopic (exact) mass is 291 g/mol. The average molecular weight is 292 g/mol. The number of carbonyl (C=O) groups is 2. The molecule has 0 radical (unpaired) electrons. The van der Waals surface area contributed by atoms with E-state index in [1.54, 1.807) is 12.1 Å².